The summed E-state index contributed by atoms with van der Waals surface area (Å²) in [6.45, 7) is 4.15. The van der Waals surface area contributed by atoms with Gasteiger partial charge in [0.2, 0.25) is 5.91 Å². The van der Waals surface area contributed by atoms with Crippen LogP contribution in [0.4, 0.5) is 0 Å². The summed E-state index contributed by atoms with van der Waals surface area (Å²) in [7, 11) is 0. The van der Waals surface area contributed by atoms with Crippen LogP contribution in [-0.2, 0) is 9.59 Å². The molecule has 0 radical (unpaired) electrons. The molecule has 0 spiro atoms. The van der Waals surface area contributed by atoms with Crippen molar-refractivity contribution in [2.45, 2.75) is 70.8 Å². The molecule has 2 N–H and O–H groups in total. The number of hydrogen-bond acceptors (Lipinski definition) is 6. The molecule has 0 saturated heterocycles. The summed E-state index contributed by atoms with van der Waals surface area (Å²) >= 11 is 1.33. The van der Waals surface area contributed by atoms with Crippen molar-refractivity contribution in [3.63, 3.8) is 0 Å². The van der Waals surface area contributed by atoms with Gasteiger partial charge in [-0.15, -0.1) is 0 Å². The van der Waals surface area contributed by atoms with Gasteiger partial charge < -0.3 is 15.1 Å². The molecule has 7 heteroatoms. The lowest BCUT2D eigenvalue weighted by molar-refractivity contribution is -0.120. The van der Waals surface area contributed by atoms with Gasteiger partial charge in [0.15, 0.2) is 5.78 Å². The van der Waals surface area contributed by atoms with Crippen LogP contribution in [0.3, 0.4) is 0 Å². The molecular weight excluding hydrogens is 410 g/mol. The van der Waals surface area contributed by atoms with Crippen molar-refractivity contribution >= 4 is 23.5 Å². The first kappa shape index (κ1) is 21.8. The summed E-state index contributed by atoms with van der Waals surface area (Å²) in [5, 5.41) is 17.1. The Bertz CT molecular complexity index is 963. The zero-order chi connectivity index (χ0) is 22.0. The number of nitriles is 1. The maximum Gasteiger partial charge on any atom is 0.230 e. The highest BCUT2D eigenvalue weighted by Gasteiger charge is 2.43. The number of rotatable bonds is 5. The van der Waals surface area contributed by atoms with Crippen LogP contribution in [0, 0.1) is 16.7 Å². The second kappa shape index (κ2) is 8.96. The lowest BCUT2D eigenvalue weighted by atomic mass is 9.70. The van der Waals surface area contributed by atoms with E-state index in [1.807, 2.05) is 6.07 Å². The molecule has 1 fully saturated rings. The van der Waals surface area contributed by atoms with E-state index in [9.17, 15) is 14.9 Å². The van der Waals surface area contributed by atoms with Crippen molar-refractivity contribution in [1.82, 2.24) is 10.6 Å². The fraction of sp³-hybridized carbons (Fsp3) is 0.542. The van der Waals surface area contributed by atoms with E-state index in [0.717, 1.165) is 31.4 Å². The average molecular weight is 440 g/mol. The van der Waals surface area contributed by atoms with Crippen molar-refractivity contribution < 1.29 is 14.0 Å². The molecule has 0 aromatic carbocycles. The maximum absolute atomic E-state index is 13.1. The summed E-state index contributed by atoms with van der Waals surface area (Å²) in [5.74, 6) is 0.325. The summed E-state index contributed by atoms with van der Waals surface area (Å²) in [4.78, 5) is 25.6. The Hall–Kier alpha value is -2.46. The molecule has 3 aliphatic rings. The Labute approximate surface area is 187 Å². The molecule has 31 heavy (non-hydrogen) atoms. The lowest BCUT2D eigenvalue weighted by Crippen LogP contribution is -2.38. The molecule has 1 saturated carbocycles. The summed E-state index contributed by atoms with van der Waals surface area (Å²) < 4.78 is 5.64. The van der Waals surface area contributed by atoms with Gasteiger partial charge in [-0.1, -0.05) is 44.9 Å². The number of allylic oxidation sites excluding steroid dienone is 3. The van der Waals surface area contributed by atoms with Crippen LogP contribution in [0.2, 0.25) is 0 Å². The van der Waals surface area contributed by atoms with Crippen LogP contribution in [0.25, 0.3) is 0 Å². The molecule has 164 valence electrons. The molecule has 1 aromatic heterocycles. The molecule has 1 aromatic rings. The molecule has 1 atom stereocenters. The van der Waals surface area contributed by atoms with E-state index in [1.54, 1.807) is 12.3 Å². The van der Waals surface area contributed by atoms with Gasteiger partial charge in [0, 0.05) is 23.7 Å². The number of Topliss-reactive ketones (excluding diaryl/α,β-unsaturated/α-hetero) is 1. The molecule has 2 aliphatic carbocycles. The highest BCUT2D eigenvalue weighted by molar-refractivity contribution is 8.03. The molecular formula is C24H29N3O3S. The molecule has 2 heterocycles. The normalized spacial score (nSPS) is 23.8. The number of hydrogen-bond donors (Lipinski definition) is 2. The average Bonchev–Trinajstić information content (AvgIpc) is 3.25. The third-order valence-electron chi connectivity index (χ3n) is 6.27. The predicted molar refractivity (Wildman–Crippen MR) is 120 cm³/mol. The highest BCUT2D eigenvalue weighted by Crippen LogP contribution is 2.47. The predicted octanol–water partition coefficient (Wildman–Crippen LogP) is 4.53. The van der Waals surface area contributed by atoms with Crippen LogP contribution < -0.4 is 10.6 Å². The van der Waals surface area contributed by atoms with Crippen molar-refractivity contribution in [1.29, 1.82) is 5.26 Å². The Morgan fingerprint density at radius 3 is 2.77 bits per heavy atom. The second-order valence-corrected chi connectivity index (χ2v) is 10.4. The van der Waals surface area contributed by atoms with E-state index < -0.39 is 5.92 Å². The van der Waals surface area contributed by atoms with E-state index in [4.69, 9.17) is 4.42 Å². The van der Waals surface area contributed by atoms with Gasteiger partial charge in [-0.3, -0.25) is 9.59 Å². The highest BCUT2D eigenvalue weighted by atomic mass is 32.2. The van der Waals surface area contributed by atoms with Crippen LogP contribution in [-0.4, -0.2) is 23.5 Å². The van der Waals surface area contributed by atoms with E-state index in [2.05, 4.69) is 30.6 Å². The van der Waals surface area contributed by atoms with E-state index >= 15 is 0 Å². The van der Waals surface area contributed by atoms with Crippen molar-refractivity contribution in [3.05, 3.63) is 46.0 Å². The maximum atomic E-state index is 13.1. The topological polar surface area (TPSA) is 95.1 Å². The van der Waals surface area contributed by atoms with Crippen molar-refractivity contribution in [2.24, 2.45) is 5.41 Å². The fourth-order valence-electron chi connectivity index (χ4n) is 4.88. The zero-order valence-electron chi connectivity index (χ0n) is 18.1. The number of dihydropyridines is 1. The van der Waals surface area contributed by atoms with Crippen LogP contribution >= 0.6 is 11.8 Å². The second-order valence-electron chi connectivity index (χ2n) is 9.45. The van der Waals surface area contributed by atoms with Crippen molar-refractivity contribution in [3.8, 4) is 6.07 Å². The Morgan fingerprint density at radius 2 is 2.10 bits per heavy atom. The van der Waals surface area contributed by atoms with Gasteiger partial charge in [-0.25, -0.2) is 0 Å². The third kappa shape index (κ3) is 4.74. The molecule has 1 amide bonds. The first-order chi connectivity index (χ1) is 14.9. The first-order valence-electron chi connectivity index (χ1n) is 11.0. The minimum absolute atomic E-state index is 0.0159. The number of carbonyl (C=O) groups excluding carboxylic acids is 2. The lowest BCUT2D eigenvalue weighted by Gasteiger charge is -2.38. The smallest absolute Gasteiger partial charge is 0.230 e. The largest absolute Gasteiger partial charge is 0.468 e. The van der Waals surface area contributed by atoms with Crippen LogP contribution in [0.15, 0.2) is 44.7 Å². The number of amides is 1. The third-order valence-corrected chi connectivity index (χ3v) is 7.29. The Kier molecular flexibility index (Phi) is 6.29. The Morgan fingerprint density at radius 1 is 1.32 bits per heavy atom. The molecule has 4 rings (SSSR count). The number of thioether (sulfide) groups is 1. The molecule has 0 unspecified atom stereocenters. The fourth-order valence-corrected chi connectivity index (χ4v) is 5.76. The molecule has 1 aliphatic heterocycles. The van der Waals surface area contributed by atoms with Gasteiger partial charge in [0.1, 0.15) is 5.76 Å². The number of furan rings is 1. The molecule has 6 nitrogen and oxygen atoms in total. The monoisotopic (exact) mass is 439 g/mol. The summed E-state index contributed by atoms with van der Waals surface area (Å²) in [5.41, 5.74) is 1.76. The Balaban J connectivity index is 1.58. The molecule has 0 bridgehead atoms. The van der Waals surface area contributed by atoms with Crippen LogP contribution in [0.1, 0.15) is 70.5 Å². The van der Waals surface area contributed by atoms with E-state index in [-0.39, 0.29) is 28.9 Å². The van der Waals surface area contributed by atoms with Crippen LogP contribution in [0.5, 0.6) is 0 Å². The zero-order valence-corrected chi connectivity index (χ0v) is 18.9. The minimum Gasteiger partial charge on any atom is -0.468 e. The van der Waals surface area contributed by atoms with Gasteiger partial charge >= 0.3 is 0 Å². The summed E-state index contributed by atoms with van der Waals surface area (Å²) in [6.07, 6.45) is 8.35. The summed E-state index contributed by atoms with van der Waals surface area (Å²) in [6, 6.07) is 6.13. The quantitative estimate of drug-likeness (QED) is 0.700. The van der Waals surface area contributed by atoms with Crippen molar-refractivity contribution in [2.75, 3.05) is 5.75 Å². The van der Waals surface area contributed by atoms with Gasteiger partial charge in [-0.2, -0.15) is 5.26 Å². The standard InChI is InChI=1S/C24H29N3O3S/c1-24(2)11-17-22(18(28)12-24)21(19-9-6-10-30-19)16(13-25)23(27-17)31-14-20(29)26-15-7-4-3-5-8-15/h6,9-10,15,21,27H,3-5,7-8,11-12,14H2,1-2H3,(H,26,29)/t21-/m0/s1. The number of nitrogens with one attached hydrogen (secondary N) is 2. The van der Waals surface area contributed by atoms with E-state index in [0.29, 0.717) is 34.8 Å². The van der Waals surface area contributed by atoms with Gasteiger partial charge in [-0.05, 0) is 36.8 Å². The van der Waals surface area contributed by atoms with E-state index in [1.165, 1.54) is 18.2 Å². The minimum atomic E-state index is -0.524. The SMILES string of the molecule is CC1(C)CC(=O)C2=C(C1)NC(SCC(=O)NC1CCCCC1)=C(C#N)[C@H]2c1ccco1. The number of ketones is 1. The number of carbonyl (C=O) groups is 2. The van der Waals surface area contributed by atoms with Gasteiger partial charge in [0.25, 0.3) is 0 Å². The number of nitrogens with zero attached hydrogens (tertiary/aromatic N) is 1. The van der Waals surface area contributed by atoms with Gasteiger partial charge in [0.05, 0.1) is 34.6 Å². The first-order valence-corrected chi connectivity index (χ1v) is 12.0.